The third-order valence-electron chi connectivity index (χ3n) is 1.20. The molecule has 1 unspecified atom stereocenters. The lowest BCUT2D eigenvalue weighted by atomic mass is 10.2. The van der Waals surface area contributed by atoms with Crippen LogP contribution in [0.3, 0.4) is 0 Å². The summed E-state index contributed by atoms with van der Waals surface area (Å²) in [6.07, 6.45) is 4.18. The van der Waals surface area contributed by atoms with Crippen molar-refractivity contribution >= 4 is 5.97 Å². The maximum absolute atomic E-state index is 10.6. The molecule has 0 spiro atoms. The molecule has 0 saturated heterocycles. The number of esters is 1. The summed E-state index contributed by atoms with van der Waals surface area (Å²) in [7, 11) is 0. The molecule has 0 saturated carbocycles. The highest BCUT2D eigenvalue weighted by Gasteiger charge is 2.04. The molecule has 0 aromatic carbocycles. The van der Waals surface area contributed by atoms with E-state index in [9.17, 15) is 4.79 Å². The highest BCUT2D eigenvalue weighted by Crippen LogP contribution is 1.98. The topological polar surface area (TPSA) is 26.3 Å². The van der Waals surface area contributed by atoms with Gasteiger partial charge in [0.15, 0.2) is 6.10 Å². The Morgan fingerprint density at radius 2 is 2.23 bits per heavy atom. The normalized spacial score (nSPS) is 10.5. The first-order valence-electron chi connectivity index (χ1n) is 4.08. The van der Waals surface area contributed by atoms with E-state index in [1.165, 1.54) is 6.92 Å². The minimum absolute atomic E-state index is 0.320. The molecular formula is C11H14O2. The van der Waals surface area contributed by atoms with Crippen LogP contribution >= 0.6 is 0 Å². The van der Waals surface area contributed by atoms with Gasteiger partial charge in [0.2, 0.25) is 0 Å². The molecule has 0 aliphatic heterocycles. The number of rotatable bonds is 4. The van der Waals surface area contributed by atoms with Crippen LogP contribution in [0.15, 0.2) is 25.3 Å². The minimum Gasteiger partial charge on any atom is -0.449 e. The van der Waals surface area contributed by atoms with Crippen molar-refractivity contribution in [2.45, 2.75) is 25.9 Å². The Bertz CT molecular complexity index is 243. The van der Waals surface area contributed by atoms with Gasteiger partial charge in [-0.2, -0.15) is 0 Å². The van der Waals surface area contributed by atoms with Gasteiger partial charge in [0.1, 0.15) is 0 Å². The third-order valence-corrected chi connectivity index (χ3v) is 1.20. The van der Waals surface area contributed by atoms with Crippen LogP contribution in [0.1, 0.15) is 19.8 Å². The van der Waals surface area contributed by atoms with Gasteiger partial charge in [0.05, 0.1) is 0 Å². The molecular weight excluding hydrogens is 164 g/mol. The van der Waals surface area contributed by atoms with Crippen LogP contribution in [0, 0.1) is 11.8 Å². The minimum atomic E-state index is -0.366. The zero-order chi connectivity index (χ0) is 10.1. The second-order valence-corrected chi connectivity index (χ2v) is 2.44. The van der Waals surface area contributed by atoms with Crippen LogP contribution in [0.2, 0.25) is 0 Å². The molecule has 0 aromatic heterocycles. The van der Waals surface area contributed by atoms with Gasteiger partial charge in [0.25, 0.3) is 0 Å². The number of hydrogen-bond donors (Lipinski definition) is 0. The first-order valence-corrected chi connectivity index (χ1v) is 4.08. The van der Waals surface area contributed by atoms with Gasteiger partial charge >= 0.3 is 5.97 Å². The van der Waals surface area contributed by atoms with E-state index in [0.717, 1.165) is 0 Å². The van der Waals surface area contributed by atoms with E-state index < -0.39 is 0 Å². The summed E-state index contributed by atoms with van der Waals surface area (Å²) in [6, 6.07) is 0. The monoisotopic (exact) mass is 178 g/mol. The predicted molar refractivity (Wildman–Crippen MR) is 53.0 cm³/mol. The fourth-order valence-corrected chi connectivity index (χ4v) is 0.733. The Labute approximate surface area is 79.3 Å². The van der Waals surface area contributed by atoms with Gasteiger partial charge in [-0.1, -0.05) is 24.0 Å². The number of carbonyl (C=O) groups is 1. The summed E-state index contributed by atoms with van der Waals surface area (Å²) in [6.45, 7) is 8.46. The maximum atomic E-state index is 10.6. The molecule has 1 atom stereocenters. The van der Waals surface area contributed by atoms with Crippen LogP contribution in [-0.4, -0.2) is 12.1 Å². The molecule has 2 heteroatoms. The molecule has 0 radical (unpaired) electrons. The van der Waals surface area contributed by atoms with Crippen LogP contribution in [0.4, 0.5) is 0 Å². The van der Waals surface area contributed by atoms with Gasteiger partial charge < -0.3 is 4.74 Å². The highest BCUT2D eigenvalue weighted by atomic mass is 16.5. The molecule has 0 aromatic rings. The summed E-state index contributed by atoms with van der Waals surface area (Å²) in [5.74, 6) is 5.33. The van der Waals surface area contributed by atoms with E-state index in [1.807, 2.05) is 0 Å². The van der Waals surface area contributed by atoms with Gasteiger partial charge in [-0.3, -0.25) is 4.79 Å². The molecule has 0 aliphatic rings. The van der Waals surface area contributed by atoms with E-state index in [0.29, 0.717) is 12.8 Å². The average Bonchev–Trinajstić information content (AvgIpc) is 2.04. The van der Waals surface area contributed by atoms with E-state index in [2.05, 4.69) is 25.0 Å². The largest absolute Gasteiger partial charge is 0.449 e. The lowest BCUT2D eigenvalue weighted by molar-refractivity contribution is -0.143. The Morgan fingerprint density at radius 1 is 1.54 bits per heavy atom. The molecule has 2 nitrogen and oxygen atoms in total. The van der Waals surface area contributed by atoms with E-state index in [4.69, 9.17) is 4.74 Å². The van der Waals surface area contributed by atoms with E-state index in [-0.39, 0.29) is 12.1 Å². The summed E-state index contributed by atoms with van der Waals surface area (Å²) < 4.78 is 4.92. The maximum Gasteiger partial charge on any atom is 0.303 e. The fourth-order valence-electron chi connectivity index (χ4n) is 0.733. The van der Waals surface area contributed by atoms with Crippen molar-refractivity contribution in [2.24, 2.45) is 0 Å². The summed E-state index contributed by atoms with van der Waals surface area (Å²) in [5, 5.41) is 0. The molecule has 0 aliphatic carbocycles. The molecule has 13 heavy (non-hydrogen) atoms. The molecule has 0 heterocycles. The fraction of sp³-hybridized carbons (Fsp3) is 0.364. The van der Waals surface area contributed by atoms with Gasteiger partial charge in [-0.25, -0.2) is 0 Å². The number of carbonyl (C=O) groups excluding carboxylic acids is 1. The Morgan fingerprint density at radius 3 is 2.69 bits per heavy atom. The zero-order valence-electron chi connectivity index (χ0n) is 7.88. The Balaban J connectivity index is 4.09. The molecule has 0 fully saturated rings. The van der Waals surface area contributed by atoms with Crippen LogP contribution in [-0.2, 0) is 9.53 Å². The van der Waals surface area contributed by atoms with Gasteiger partial charge in [0, 0.05) is 19.8 Å². The van der Waals surface area contributed by atoms with Crippen molar-refractivity contribution in [3.05, 3.63) is 25.3 Å². The van der Waals surface area contributed by atoms with Crippen molar-refractivity contribution < 1.29 is 9.53 Å². The van der Waals surface area contributed by atoms with E-state index in [1.54, 1.807) is 12.2 Å². The Hall–Kier alpha value is -1.49. The Kier molecular flexibility index (Phi) is 6.35. The molecule has 70 valence electrons. The number of allylic oxidation sites excluding steroid dienone is 1. The van der Waals surface area contributed by atoms with Gasteiger partial charge in [-0.05, 0) is 0 Å². The van der Waals surface area contributed by atoms with E-state index >= 15 is 0 Å². The second-order valence-electron chi connectivity index (χ2n) is 2.44. The lowest BCUT2D eigenvalue weighted by Crippen LogP contribution is -2.13. The highest BCUT2D eigenvalue weighted by molar-refractivity contribution is 5.66. The van der Waals surface area contributed by atoms with Crippen molar-refractivity contribution in [3.63, 3.8) is 0 Å². The molecule has 0 amide bonds. The van der Waals surface area contributed by atoms with Crippen LogP contribution in [0.25, 0.3) is 0 Å². The average molecular weight is 178 g/mol. The summed E-state index contributed by atoms with van der Waals surface area (Å²) in [4.78, 5) is 10.6. The third kappa shape index (κ3) is 6.89. The number of ether oxygens (including phenoxy) is 1. The lowest BCUT2D eigenvalue weighted by Gasteiger charge is -2.07. The van der Waals surface area contributed by atoms with Crippen molar-refractivity contribution in [1.29, 1.82) is 0 Å². The smallest absolute Gasteiger partial charge is 0.303 e. The van der Waals surface area contributed by atoms with Crippen molar-refractivity contribution in [2.75, 3.05) is 0 Å². The molecule has 0 N–H and O–H groups in total. The quantitative estimate of drug-likeness (QED) is 0.374. The predicted octanol–water partition coefficient (Wildman–Crippen LogP) is 2.07. The van der Waals surface area contributed by atoms with Crippen LogP contribution < -0.4 is 0 Å². The van der Waals surface area contributed by atoms with Gasteiger partial charge in [-0.15, -0.1) is 13.2 Å². The second kappa shape index (κ2) is 7.17. The van der Waals surface area contributed by atoms with Crippen molar-refractivity contribution in [1.82, 2.24) is 0 Å². The number of hydrogen-bond acceptors (Lipinski definition) is 2. The molecule has 0 rings (SSSR count). The van der Waals surface area contributed by atoms with Crippen LogP contribution in [0.5, 0.6) is 0 Å². The SMILES string of the molecule is C=CCC#CC(CC=C)OC(C)=O. The van der Waals surface area contributed by atoms with Crippen molar-refractivity contribution in [3.8, 4) is 11.8 Å². The zero-order valence-corrected chi connectivity index (χ0v) is 7.88. The summed E-state index contributed by atoms with van der Waals surface area (Å²) >= 11 is 0. The standard InChI is InChI=1S/C11H14O2/c1-4-6-7-9-11(8-5-2)13-10(3)12/h4-5,11H,1-2,6,8H2,3H3. The first kappa shape index (κ1) is 11.5. The first-order chi connectivity index (χ1) is 6.20. The molecule has 0 bridgehead atoms. The summed E-state index contributed by atoms with van der Waals surface area (Å²) in [5.41, 5.74) is 0.